The van der Waals surface area contributed by atoms with E-state index in [4.69, 9.17) is 0 Å². The summed E-state index contributed by atoms with van der Waals surface area (Å²) in [7, 11) is 0. The van der Waals surface area contributed by atoms with Gasteiger partial charge in [0.05, 0.1) is 6.42 Å². The normalized spacial score (nSPS) is 54.3. The second-order valence-corrected chi connectivity index (χ2v) is 14.4. The Morgan fingerprint density at radius 2 is 1.47 bits per heavy atom. The third-order valence-corrected chi connectivity index (χ3v) is 13.1. The standard InChI is InChI=1S/C30H46O2/c1-18(2)19-11-13-27(5)15-16-28(6)20(25(19)27)9-10-22-29(28,7)14-12-21-26(3,4)23(31)17-24(32)30(21,22)8/h19-22,25H,1,9-17H2,2-8H3/t19-,20+,21-,22+,25+,27+,28+,29+,30-/m0/s1. The van der Waals surface area contributed by atoms with Crippen LogP contribution in [0, 0.1) is 56.7 Å². The fraction of sp³-hybridized carbons (Fsp3) is 0.867. The Bertz CT molecular complexity index is 883. The maximum Gasteiger partial charge on any atom is 0.146 e. The van der Waals surface area contributed by atoms with Gasteiger partial charge in [-0.3, -0.25) is 9.59 Å². The van der Waals surface area contributed by atoms with Crippen molar-refractivity contribution in [1.82, 2.24) is 0 Å². The van der Waals surface area contributed by atoms with Gasteiger partial charge in [-0.2, -0.15) is 0 Å². The molecule has 0 bridgehead atoms. The summed E-state index contributed by atoms with van der Waals surface area (Å²) in [4.78, 5) is 26.5. The van der Waals surface area contributed by atoms with Gasteiger partial charge in [-0.05, 0) is 104 Å². The monoisotopic (exact) mass is 438 g/mol. The van der Waals surface area contributed by atoms with E-state index < -0.39 is 0 Å². The molecular weight excluding hydrogens is 392 g/mol. The Morgan fingerprint density at radius 3 is 2.12 bits per heavy atom. The lowest BCUT2D eigenvalue weighted by molar-refractivity contribution is -0.227. The molecule has 0 amide bonds. The topological polar surface area (TPSA) is 34.1 Å². The lowest BCUT2D eigenvalue weighted by Gasteiger charge is -2.71. The van der Waals surface area contributed by atoms with E-state index in [-0.39, 0.29) is 45.6 Å². The van der Waals surface area contributed by atoms with Crippen molar-refractivity contribution in [3.05, 3.63) is 12.2 Å². The smallest absolute Gasteiger partial charge is 0.146 e. The Balaban J connectivity index is 1.58. The summed E-state index contributed by atoms with van der Waals surface area (Å²) in [6.07, 6.45) is 10.1. The molecule has 9 atom stereocenters. The van der Waals surface area contributed by atoms with Crippen molar-refractivity contribution in [2.45, 2.75) is 106 Å². The fourth-order valence-corrected chi connectivity index (χ4v) is 11.0. The van der Waals surface area contributed by atoms with Crippen LogP contribution in [0.4, 0.5) is 0 Å². The average molecular weight is 439 g/mol. The highest BCUT2D eigenvalue weighted by Gasteiger charge is 2.72. The third kappa shape index (κ3) is 2.48. The van der Waals surface area contributed by atoms with E-state index in [1.807, 2.05) is 0 Å². The lowest BCUT2D eigenvalue weighted by atomic mass is 9.32. The molecule has 178 valence electrons. The fourth-order valence-electron chi connectivity index (χ4n) is 11.0. The summed E-state index contributed by atoms with van der Waals surface area (Å²) in [6.45, 7) is 21.0. The van der Waals surface area contributed by atoms with E-state index in [9.17, 15) is 9.59 Å². The van der Waals surface area contributed by atoms with Crippen LogP contribution in [0.15, 0.2) is 12.2 Å². The first-order valence-corrected chi connectivity index (χ1v) is 13.5. The Morgan fingerprint density at radius 1 is 0.781 bits per heavy atom. The van der Waals surface area contributed by atoms with Gasteiger partial charge < -0.3 is 0 Å². The molecule has 5 saturated carbocycles. The molecule has 0 aromatic rings. The van der Waals surface area contributed by atoms with Gasteiger partial charge in [0.15, 0.2) is 0 Å². The summed E-state index contributed by atoms with van der Waals surface area (Å²) < 4.78 is 0. The van der Waals surface area contributed by atoms with Crippen molar-refractivity contribution >= 4 is 11.6 Å². The van der Waals surface area contributed by atoms with Crippen LogP contribution in [0.3, 0.4) is 0 Å². The first-order chi connectivity index (χ1) is 14.7. The van der Waals surface area contributed by atoms with Gasteiger partial charge in [0.2, 0.25) is 0 Å². The lowest BCUT2D eigenvalue weighted by Crippen LogP contribution is -2.68. The summed E-state index contributed by atoms with van der Waals surface area (Å²) in [6, 6.07) is 0. The Hall–Kier alpha value is -0.920. The maximum atomic E-state index is 13.7. The molecule has 0 aromatic carbocycles. The van der Waals surface area contributed by atoms with E-state index in [2.05, 4.69) is 55.0 Å². The first kappa shape index (κ1) is 22.9. The number of fused-ring (bicyclic) bond motifs is 7. The number of allylic oxidation sites excluding steroid dienone is 1. The highest BCUT2D eigenvalue weighted by Crippen LogP contribution is 2.76. The predicted molar refractivity (Wildman–Crippen MR) is 130 cm³/mol. The number of carbonyl (C=O) groups excluding carboxylic acids is 2. The second-order valence-electron chi connectivity index (χ2n) is 14.4. The second kappa shape index (κ2) is 6.60. The Labute approximate surface area is 196 Å². The zero-order valence-electron chi connectivity index (χ0n) is 21.8. The van der Waals surface area contributed by atoms with Crippen molar-refractivity contribution in [3.63, 3.8) is 0 Å². The van der Waals surface area contributed by atoms with E-state index in [0.717, 1.165) is 24.7 Å². The number of hydrogen-bond acceptors (Lipinski definition) is 2. The van der Waals surface area contributed by atoms with Crippen LogP contribution in [-0.2, 0) is 9.59 Å². The summed E-state index contributed by atoms with van der Waals surface area (Å²) in [5.74, 6) is 3.20. The van der Waals surface area contributed by atoms with Gasteiger partial charge in [-0.25, -0.2) is 0 Å². The SMILES string of the molecule is C=C(C)[C@@H]1CC[C@]2(C)CC[C@]3(C)[C@H](CC[C@H]4[C@@]5(C)C(=O)CC(=O)C(C)(C)[C@@H]5CC[C@]43C)[C@@H]12. The van der Waals surface area contributed by atoms with Crippen LogP contribution in [0.25, 0.3) is 0 Å². The van der Waals surface area contributed by atoms with Gasteiger partial charge in [0, 0.05) is 10.8 Å². The molecule has 0 radical (unpaired) electrons. The van der Waals surface area contributed by atoms with E-state index in [1.165, 1.54) is 44.1 Å². The van der Waals surface area contributed by atoms with Crippen molar-refractivity contribution in [1.29, 1.82) is 0 Å². The molecule has 0 heterocycles. The number of carbonyl (C=O) groups is 2. The number of rotatable bonds is 1. The molecular formula is C30H46O2. The molecule has 0 spiro atoms. The first-order valence-electron chi connectivity index (χ1n) is 13.5. The largest absolute Gasteiger partial charge is 0.299 e. The molecule has 0 N–H and O–H groups in total. The summed E-state index contributed by atoms with van der Waals surface area (Å²) in [5.41, 5.74) is 1.60. The van der Waals surface area contributed by atoms with Crippen molar-refractivity contribution in [2.24, 2.45) is 56.7 Å². The molecule has 32 heavy (non-hydrogen) atoms. The molecule has 0 unspecified atom stereocenters. The van der Waals surface area contributed by atoms with Crippen LogP contribution < -0.4 is 0 Å². The van der Waals surface area contributed by atoms with Gasteiger partial charge in [-0.15, -0.1) is 0 Å². The molecule has 0 saturated heterocycles. The van der Waals surface area contributed by atoms with Crippen LogP contribution in [-0.4, -0.2) is 11.6 Å². The molecule has 5 rings (SSSR count). The summed E-state index contributed by atoms with van der Waals surface area (Å²) >= 11 is 0. The minimum absolute atomic E-state index is 0.158. The predicted octanol–water partition coefficient (Wildman–Crippen LogP) is 7.41. The van der Waals surface area contributed by atoms with Crippen LogP contribution in [0.2, 0.25) is 0 Å². The maximum absolute atomic E-state index is 13.7. The van der Waals surface area contributed by atoms with Gasteiger partial charge in [0.25, 0.3) is 0 Å². The number of hydrogen-bond donors (Lipinski definition) is 0. The van der Waals surface area contributed by atoms with Gasteiger partial charge in [-0.1, -0.05) is 53.7 Å². The van der Waals surface area contributed by atoms with Crippen molar-refractivity contribution < 1.29 is 9.59 Å². The number of ketones is 2. The average Bonchev–Trinajstić information content (AvgIpc) is 3.05. The molecule has 5 aliphatic rings. The minimum atomic E-state index is -0.372. The molecule has 5 aliphatic carbocycles. The van der Waals surface area contributed by atoms with Crippen molar-refractivity contribution in [3.8, 4) is 0 Å². The quantitative estimate of drug-likeness (QED) is 0.315. The number of Topliss-reactive ketones (excluding diaryl/α,β-unsaturated/α-hetero) is 2. The highest BCUT2D eigenvalue weighted by atomic mass is 16.2. The zero-order chi connectivity index (χ0) is 23.5. The zero-order valence-corrected chi connectivity index (χ0v) is 21.8. The van der Waals surface area contributed by atoms with Crippen LogP contribution >= 0.6 is 0 Å². The molecule has 5 fully saturated rings. The molecule has 0 aliphatic heterocycles. The summed E-state index contributed by atoms with van der Waals surface area (Å²) in [5, 5.41) is 0. The van der Waals surface area contributed by atoms with E-state index in [0.29, 0.717) is 17.3 Å². The molecule has 2 heteroatoms. The minimum Gasteiger partial charge on any atom is -0.299 e. The van der Waals surface area contributed by atoms with Crippen LogP contribution in [0.5, 0.6) is 0 Å². The highest BCUT2D eigenvalue weighted by molar-refractivity contribution is 6.07. The third-order valence-electron chi connectivity index (χ3n) is 13.1. The van der Waals surface area contributed by atoms with Crippen molar-refractivity contribution in [2.75, 3.05) is 0 Å². The van der Waals surface area contributed by atoms with Gasteiger partial charge >= 0.3 is 0 Å². The molecule has 0 aromatic heterocycles. The van der Waals surface area contributed by atoms with Crippen LogP contribution in [0.1, 0.15) is 106 Å². The van der Waals surface area contributed by atoms with E-state index in [1.54, 1.807) is 0 Å². The van der Waals surface area contributed by atoms with E-state index >= 15 is 0 Å². The molecule has 2 nitrogen and oxygen atoms in total. The van der Waals surface area contributed by atoms with Gasteiger partial charge in [0.1, 0.15) is 11.6 Å². The Kier molecular flexibility index (Phi) is 4.71.